The lowest BCUT2D eigenvalue weighted by atomic mass is 10.2. The number of hydrogen-bond acceptors (Lipinski definition) is 4. The molecule has 0 radical (unpaired) electrons. The minimum absolute atomic E-state index is 0.0947. The first kappa shape index (κ1) is 13.5. The molecule has 0 atom stereocenters. The van der Waals surface area contributed by atoms with Gasteiger partial charge >= 0.3 is 0 Å². The highest BCUT2D eigenvalue weighted by atomic mass is 79.9. The predicted octanol–water partition coefficient (Wildman–Crippen LogP) is 2.80. The summed E-state index contributed by atoms with van der Waals surface area (Å²) in [5, 5.41) is 16.0. The van der Waals surface area contributed by atoms with Gasteiger partial charge in [0.2, 0.25) is 0 Å². The normalized spacial score (nSPS) is 16.1. The highest BCUT2D eigenvalue weighted by Gasteiger charge is 2.15. The molecular weight excluding hydrogens is 324 g/mol. The fourth-order valence-corrected chi connectivity index (χ4v) is 3.16. The number of fused-ring (bicyclic) bond motifs is 1. The van der Waals surface area contributed by atoms with Gasteiger partial charge in [0.1, 0.15) is 4.60 Å². The third-order valence-corrected chi connectivity index (χ3v) is 4.31. The van der Waals surface area contributed by atoms with Crippen molar-refractivity contribution in [1.82, 2.24) is 14.7 Å². The molecular formula is C13H15BrN4O2. The number of aromatic nitrogens is 2. The summed E-state index contributed by atoms with van der Waals surface area (Å²) < 4.78 is 2.58. The zero-order valence-electron chi connectivity index (χ0n) is 11.0. The number of benzene rings is 1. The van der Waals surface area contributed by atoms with Gasteiger partial charge in [-0.25, -0.2) is 0 Å². The number of nitro groups is 1. The van der Waals surface area contributed by atoms with Crippen LogP contribution in [-0.2, 0) is 6.54 Å². The molecule has 0 aliphatic carbocycles. The number of rotatable bonds is 4. The number of nitro benzene ring substituents is 1. The second-order valence-corrected chi connectivity index (χ2v) is 5.77. The van der Waals surface area contributed by atoms with Gasteiger partial charge in [-0.05, 0) is 47.9 Å². The SMILES string of the molecule is O=[N+]([O-])c1ccc2c(c1)c(Br)nn2CCN1CCCC1. The Bertz CT molecular complexity index is 649. The van der Waals surface area contributed by atoms with Crippen molar-refractivity contribution in [3.63, 3.8) is 0 Å². The lowest BCUT2D eigenvalue weighted by molar-refractivity contribution is -0.384. The van der Waals surface area contributed by atoms with Crippen LogP contribution < -0.4 is 0 Å². The number of halogens is 1. The van der Waals surface area contributed by atoms with E-state index in [1.807, 2.05) is 4.68 Å². The van der Waals surface area contributed by atoms with Crippen molar-refractivity contribution in [3.05, 3.63) is 32.9 Å². The van der Waals surface area contributed by atoms with Gasteiger partial charge in [-0.15, -0.1) is 0 Å². The van der Waals surface area contributed by atoms with Crippen LogP contribution in [0.2, 0.25) is 0 Å². The summed E-state index contributed by atoms with van der Waals surface area (Å²) in [5.74, 6) is 0. The molecule has 0 unspecified atom stereocenters. The highest BCUT2D eigenvalue weighted by Crippen LogP contribution is 2.27. The third kappa shape index (κ3) is 2.55. The fraction of sp³-hybridized carbons (Fsp3) is 0.462. The van der Waals surface area contributed by atoms with E-state index >= 15 is 0 Å². The quantitative estimate of drug-likeness (QED) is 0.635. The number of likely N-dealkylation sites (tertiary alicyclic amines) is 1. The molecule has 20 heavy (non-hydrogen) atoms. The van der Waals surface area contributed by atoms with Crippen LogP contribution in [0.3, 0.4) is 0 Å². The van der Waals surface area contributed by atoms with Crippen LogP contribution in [0.4, 0.5) is 5.69 Å². The van der Waals surface area contributed by atoms with Crippen molar-refractivity contribution in [3.8, 4) is 0 Å². The molecule has 0 bridgehead atoms. The highest BCUT2D eigenvalue weighted by molar-refractivity contribution is 9.10. The smallest absolute Gasteiger partial charge is 0.270 e. The molecule has 1 aromatic heterocycles. The van der Waals surface area contributed by atoms with E-state index in [2.05, 4.69) is 25.9 Å². The van der Waals surface area contributed by atoms with Gasteiger partial charge in [0.05, 0.1) is 17.0 Å². The fourth-order valence-electron chi connectivity index (χ4n) is 2.65. The average molecular weight is 339 g/mol. The molecule has 0 saturated carbocycles. The summed E-state index contributed by atoms with van der Waals surface area (Å²) in [6, 6.07) is 4.87. The topological polar surface area (TPSA) is 64.2 Å². The molecule has 1 aliphatic heterocycles. The molecule has 1 fully saturated rings. The lowest BCUT2D eigenvalue weighted by Crippen LogP contribution is -2.24. The molecule has 0 amide bonds. The van der Waals surface area contributed by atoms with Gasteiger partial charge in [-0.1, -0.05) is 0 Å². The van der Waals surface area contributed by atoms with E-state index in [-0.39, 0.29) is 10.6 Å². The molecule has 2 heterocycles. The van der Waals surface area contributed by atoms with Crippen molar-refractivity contribution < 1.29 is 4.92 Å². The Morgan fingerprint density at radius 3 is 2.75 bits per heavy atom. The maximum absolute atomic E-state index is 10.8. The van der Waals surface area contributed by atoms with Crippen LogP contribution in [0, 0.1) is 10.1 Å². The van der Waals surface area contributed by atoms with Gasteiger partial charge < -0.3 is 4.90 Å². The van der Waals surface area contributed by atoms with Crippen LogP contribution in [0.1, 0.15) is 12.8 Å². The summed E-state index contributed by atoms with van der Waals surface area (Å²) in [4.78, 5) is 12.9. The van der Waals surface area contributed by atoms with E-state index < -0.39 is 0 Å². The Balaban J connectivity index is 1.85. The maximum atomic E-state index is 10.8. The molecule has 0 N–H and O–H groups in total. The molecule has 0 spiro atoms. The molecule has 1 saturated heterocycles. The standard InChI is InChI=1S/C13H15BrN4O2/c14-13-11-9-10(18(19)20)3-4-12(11)17(15-13)8-7-16-5-1-2-6-16/h3-4,9H,1-2,5-8H2. The van der Waals surface area contributed by atoms with E-state index in [0.717, 1.165) is 37.1 Å². The molecule has 1 aromatic carbocycles. The third-order valence-electron chi connectivity index (χ3n) is 3.73. The summed E-state index contributed by atoms with van der Waals surface area (Å²) in [6.45, 7) is 4.10. The van der Waals surface area contributed by atoms with Crippen LogP contribution in [-0.4, -0.2) is 39.2 Å². The summed E-state index contributed by atoms with van der Waals surface area (Å²) >= 11 is 3.39. The van der Waals surface area contributed by atoms with E-state index in [9.17, 15) is 10.1 Å². The number of nitrogens with zero attached hydrogens (tertiary/aromatic N) is 4. The Labute approximate surface area is 124 Å². The predicted molar refractivity (Wildman–Crippen MR) is 79.8 cm³/mol. The Hall–Kier alpha value is -1.47. The molecule has 2 aromatic rings. The van der Waals surface area contributed by atoms with Gasteiger partial charge in [-0.3, -0.25) is 14.8 Å². The minimum Gasteiger partial charge on any atom is -0.301 e. The lowest BCUT2D eigenvalue weighted by Gasteiger charge is -2.14. The summed E-state index contributed by atoms with van der Waals surface area (Å²) in [7, 11) is 0. The van der Waals surface area contributed by atoms with Crippen LogP contribution >= 0.6 is 15.9 Å². The van der Waals surface area contributed by atoms with E-state index in [1.165, 1.54) is 18.9 Å². The van der Waals surface area contributed by atoms with Crippen LogP contribution in [0.15, 0.2) is 22.8 Å². The van der Waals surface area contributed by atoms with Gasteiger partial charge in [-0.2, -0.15) is 5.10 Å². The van der Waals surface area contributed by atoms with E-state index in [4.69, 9.17) is 0 Å². The molecule has 106 valence electrons. The Morgan fingerprint density at radius 1 is 1.30 bits per heavy atom. The molecule has 3 rings (SSSR count). The van der Waals surface area contributed by atoms with E-state index in [0.29, 0.717) is 4.60 Å². The Kier molecular flexibility index (Phi) is 3.71. The monoisotopic (exact) mass is 338 g/mol. The zero-order valence-corrected chi connectivity index (χ0v) is 12.5. The van der Waals surface area contributed by atoms with Gasteiger partial charge in [0.15, 0.2) is 0 Å². The van der Waals surface area contributed by atoms with Crippen molar-refractivity contribution in [2.45, 2.75) is 19.4 Å². The molecule has 7 heteroatoms. The first-order valence-electron chi connectivity index (χ1n) is 6.68. The molecule has 1 aliphatic rings. The molecule has 6 nitrogen and oxygen atoms in total. The summed E-state index contributed by atoms with van der Waals surface area (Å²) in [6.07, 6.45) is 2.55. The maximum Gasteiger partial charge on any atom is 0.270 e. The number of hydrogen-bond donors (Lipinski definition) is 0. The minimum atomic E-state index is -0.381. The van der Waals surface area contributed by atoms with Crippen molar-refractivity contribution in [2.24, 2.45) is 0 Å². The first-order chi connectivity index (χ1) is 9.65. The van der Waals surface area contributed by atoms with Crippen LogP contribution in [0.25, 0.3) is 10.9 Å². The second kappa shape index (κ2) is 5.49. The number of non-ortho nitro benzene ring substituents is 1. The second-order valence-electron chi connectivity index (χ2n) is 5.02. The van der Waals surface area contributed by atoms with Crippen molar-refractivity contribution in [2.75, 3.05) is 19.6 Å². The first-order valence-corrected chi connectivity index (χ1v) is 7.47. The zero-order chi connectivity index (χ0) is 14.1. The van der Waals surface area contributed by atoms with Crippen molar-refractivity contribution >= 4 is 32.5 Å². The van der Waals surface area contributed by atoms with Crippen molar-refractivity contribution in [1.29, 1.82) is 0 Å². The Morgan fingerprint density at radius 2 is 2.05 bits per heavy atom. The van der Waals surface area contributed by atoms with Crippen LogP contribution in [0.5, 0.6) is 0 Å². The van der Waals surface area contributed by atoms with Gasteiger partial charge in [0.25, 0.3) is 5.69 Å². The van der Waals surface area contributed by atoms with E-state index in [1.54, 1.807) is 12.1 Å². The average Bonchev–Trinajstić information content (AvgIpc) is 3.05. The van der Waals surface area contributed by atoms with Gasteiger partial charge in [0, 0.05) is 24.1 Å². The summed E-state index contributed by atoms with van der Waals surface area (Å²) in [5.41, 5.74) is 1.03. The largest absolute Gasteiger partial charge is 0.301 e.